The van der Waals surface area contributed by atoms with Crippen molar-refractivity contribution in [3.8, 4) is 0 Å². The van der Waals surface area contributed by atoms with Crippen LogP contribution in [0.1, 0.15) is 29.2 Å². The topological polar surface area (TPSA) is 85.2 Å². The van der Waals surface area contributed by atoms with E-state index in [0.717, 1.165) is 0 Å². The molecule has 1 N–H and O–H groups in total. The normalized spacial score (nSPS) is 18.6. The quantitative estimate of drug-likeness (QED) is 0.652. The number of nitrogens with zero attached hydrogens (tertiary/aromatic N) is 1. The number of amides is 2. The Morgan fingerprint density at radius 2 is 2.00 bits per heavy atom. The van der Waals surface area contributed by atoms with Gasteiger partial charge in [0.05, 0.1) is 0 Å². The third kappa shape index (κ3) is 2.24. The number of imide groups is 1. The predicted octanol–water partition coefficient (Wildman–Crippen LogP) is 0.792. The van der Waals surface area contributed by atoms with Gasteiger partial charge in [-0.1, -0.05) is 6.07 Å². The van der Waals surface area contributed by atoms with Gasteiger partial charge in [0.25, 0.3) is 5.56 Å². The zero-order chi connectivity index (χ0) is 15.0. The summed E-state index contributed by atoms with van der Waals surface area (Å²) in [6, 6.07) is 5.77. The van der Waals surface area contributed by atoms with Crippen LogP contribution in [-0.2, 0) is 9.59 Å². The van der Waals surface area contributed by atoms with Crippen molar-refractivity contribution in [3.05, 3.63) is 46.4 Å². The molecule has 1 aliphatic rings. The van der Waals surface area contributed by atoms with E-state index in [-0.39, 0.29) is 17.9 Å². The summed E-state index contributed by atoms with van der Waals surface area (Å²) in [5.41, 5.74) is 0.181. The van der Waals surface area contributed by atoms with Crippen molar-refractivity contribution in [1.82, 2.24) is 9.88 Å². The number of piperidine rings is 1. The van der Waals surface area contributed by atoms with E-state index in [1.807, 2.05) is 0 Å². The summed E-state index contributed by atoms with van der Waals surface area (Å²) in [5.74, 6) is -0.780. The van der Waals surface area contributed by atoms with Crippen LogP contribution in [0.25, 0.3) is 10.8 Å². The van der Waals surface area contributed by atoms with E-state index in [0.29, 0.717) is 29.0 Å². The van der Waals surface area contributed by atoms with Crippen molar-refractivity contribution >= 4 is 28.9 Å². The van der Waals surface area contributed by atoms with E-state index in [2.05, 4.69) is 5.32 Å². The van der Waals surface area contributed by atoms with Gasteiger partial charge in [0, 0.05) is 23.6 Å². The first-order valence-corrected chi connectivity index (χ1v) is 6.54. The summed E-state index contributed by atoms with van der Waals surface area (Å²) in [6.45, 7) is 0. The molecule has 2 amide bonds. The van der Waals surface area contributed by atoms with E-state index in [4.69, 9.17) is 0 Å². The van der Waals surface area contributed by atoms with Crippen LogP contribution in [0.2, 0.25) is 0 Å². The Labute approximate surface area is 119 Å². The lowest BCUT2D eigenvalue weighted by atomic mass is 10.0. The molecule has 1 atom stereocenters. The highest BCUT2D eigenvalue weighted by molar-refractivity contribution is 5.99. The van der Waals surface area contributed by atoms with Crippen molar-refractivity contribution in [1.29, 1.82) is 0 Å². The van der Waals surface area contributed by atoms with Crippen molar-refractivity contribution in [2.45, 2.75) is 18.9 Å². The second kappa shape index (κ2) is 4.97. The molecule has 1 aromatic carbocycles. The van der Waals surface area contributed by atoms with Gasteiger partial charge in [-0.25, -0.2) is 0 Å². The minimum absolute atomic E-state index is 0.213. The number of hydrogen-bond acceptors (Lipinski definition) is 4. The van der Waals surface area contributed by atoms with Gasteiger partial charge in [-0.2, -0.15) is 0 Å². The fourth-order valence-electron chi connectivity index (χ4n) is 2.55. The van der Waals surface area contributed by atoms with Crippen LogP contribution in [-0.4, -0.2) is 22.7 Å². The summed E-state index contributed by atoms with van der Waals surface area (Å²) in [6.07, 6.45) is 2.76. The van der Waals surface area contributed by atoms with Gasteiger partial charge in [-0.15, -0.1) is 0 Å². The number of aldehydes is 1. The van der Waals surface area contributed by atoms with E-state index < -0.39 is 11.9 Å². The number of rotatable bonds is 2. The largest absolute Gasteiger partial charge is 0.302 e. The molecule has 0 aliphatic carbocycles. The fourth-order valence-corrected chi connectivity index (χ4v) is 2.55. The third-order valence-electron chi connectivity index (χ3n) is 3.64. The number of carbonyl (C=O) groups is 3. The Bertz CT molecular complexity index is 822. The summed E-state index contributed by atoms with van der Waals surface area (Å²) in [4.78, 5) is 46.2. The summed E-state index contributed by atoms with van der Waals surface area (Å²) < 4.78 is 1.34. The molecule has 21 heavy (non-hydrogen) atoms. The summed E-state index contributed by atoms with van der Waals surface area (Å²) in [5, 5.41) is 3.32. The molecular weight excluding hydrogens is 272 g/mol. The summed E-state index contributed by atoms with van der Waals surface area (Å²) in [7, 11) is 0. The van der Waals surface area contributed by atoms with Crippen LogP contribution in [0.3, 0.4) is 0 Å². The molecule has 0 saturated carbocycles. The molecule has 1 saturated heterocycles. The van der Waals surface area contributed by atoms with E-state index in [9.17, 15) is 19.2 Å². The Hall–Kier alpha value is -2.76. The molecule has 1 fully saturated rings. The maximum Gasteiger partial charge on any atom is 0.259 e. The van der Waals surface area contributed by atoms with Crippen LogP contribution in [0.5, 0.6) is 0 Å². The van der Waals surface area contributed by atoms with E-state index >= 15 is 0 Å². The molecular formula is C15H12N2O4. The summed E-state index contributed by atoms with van der Waals surface area (Å²) >= 11 is 0. The number of fused-ring (bicyclic) bond motifs is 1. The van der Waals surface area contributed by atoms with Crippen molar-refractivity contribution in [2.24, 2.45) is 0 Å². The van der Waals surface area contributed by atoms with Gasteiger partial charge < -0.3 is 4.57 Å². The van der Waals surface area contributed by atoms with Crippen molar-refractivity contribution in [2.75, 3.05) is 0 Å². The van der Waals surface area contributed by atoms with Crippen LogP contribution in [0, 0.1) is 0 Å². The molecule has 1 aromatic heterocycles. The monoisotopic (exact) mass is 284 g/mol. The van der Waals surface area contributed by atoms with Gasteiger partial charge in [-0.05, 0) is 30.0 Å². The standard InChI is InChI=1S/C15H12N2O4/c18-8-9-1-2-11-10(7-9)5-6-17(15(11)21)12-3-4-13(19)16-14(12)20/h1-2,5-8,12H,3-4H2,(H,16,19,20). The minimum atomic E-state index is -0.676. The number of carbonyl (C=O) groups excluding carboxylic acids is 3. The van der Waals surface area contributed by atoms with Gasteiger partial charge in [0.1, 0.15) is 12.3 Å². The molecule has 0 spiro atoms. The van der Waals surface area contributed by atoms with Crippen LogP contribution in [0.15, 0.2) is 35.3 Å². The van der Waals surface area contributed by atoms with Gasteiger partial charge in [0.2, 0.25) is 11.8 Å². The van der Waals surface area contributed by atoms with E-state index in [1.165, 1.54) is 10.8 Å². The van der Waals surface area contributed by atoms with Gasteiger partial charge in [0.15, 0.2) is 0 Å². The molecule has 2 heterocycles. The Morgan fingerprint density at radius 3 is 2.71 bits per heavy atom. The smallest absolute Gasteiger partial charge is 0.259 e. The number of nitrogens with one attached hydrogen (secondary N) is 1. The van der Waals surface area contributed by atoms with Crippen LogP contribution in [0.4, 0.5) is 0 Å². The van der Waals surface area contributed by atoms with Gasteiger partial charge in [-0.3, -0.25) is 24.5 Å². The molecule has 1 unspecified atom stereocenters. The zero-order valence-corrected chi connectivity index (χ0v) is 11.0. The number of hydrogen-bond donors (Lipinski definition) is 1. The van der Waals surface area contributed by atoms with Crippen LogP contribution >= 0.6 is 0 Å². The highest BCUT2D eigenvalue weighted by atomic mass is 16.2. The minimum Gasteiger partial charge on any atom is -0.302 e. The van der Waals surface area contributed by atoms with Crippen LogP contribution < -0.4 is 10.9 Å². The predicted molar refractivity (Wildman–Crippen MR) is 75.0 cm³/mol. The first-order chi connectivity index (χ1) is 10.1. The Balaban J connectivity index is 2.10. The van der Waals surface area contributed by atoms with E-state index in [1.54, 1.807) is 24.3 Å². The molecule has 106 valence electrons. The highest BCUT2D eigenvalue weighted by Crippen LogP contribution is 2.19. The molecule has 0 radical (unpaired) electrons. The number of benzene rings is 1. The average molecular weight is 284 g/mol. The lowest BCUT2D eigenvalue weighted by Gasteiger charge is -2.23. The second-order valence-electron chi connectivity index (χ2n) is 4.96. The fraction of sp³-hybridized carbons (Fsp3) is 0.200. The van der Waals surface area contributed by atoms with Gasteiger partial charge >= 0.3 is 0 Å². The maximum absolute atomic E-state index is 12.5. The molecule has 2 aromatic rings. The molecule has 6 heteroatoms. The average Bonchev–Trinajstić information content (AvgIpc) is 2.48. The maximum atomic E-state index is 12.5. The molecule has 6 nitrogen and oxygen atoms in total. The lowest BCUT2D eigenvalue weighted by Crippen LogP contribution is -2.44. The number of aromatic nitrogens is 1. The van der Waals surface area contributed by atoms with Crippen molar-refractivity contribution < 1.29 is 14.4 Å². The second-order valence-corrected chi connectivity index (χ2v) is 4.96. The molecule has 0 bridgehead atoms. The molecule has 1 aliphatic heterocycles. The Morgan fingerprint density at radius 1 is 1.19 bits per heavy atom. The number of pyridine rings is 1. The third-order valence-corrected chi connectivity index (χ3v) is 3.64. The zero-order valence-electron chi connectivity index (χ0n) is 11.0. The Kier molecular flexibility index (Phi) is 3.13. The molecule has 3 rings (SSSR count). The first-order valence-electron chi connectivity index (χ1n) is 6.54. The lowest BCUT2D eigenvalue weighted by molar-refractivity contribution is -0.135. The van der Waals surface area contributed by atoms with Crippen molar-refractivity contribution in [3.63, 3.8) is 0 Å². The highest BCUT2D eigenvalue weighted by Gasteiger charge is 2.28. The SMILES string of the molecule is O=Cc1ccc2c(=O)n(C3CCC(=O)NC3=O)ccc2c1. The first kappa shape index (κ1) is 13.2.